The number of para-hydroxylation sites is 1. The van der Waals surface area contributed by atoms with Crippen molar-refractivity contribution in [2.75, 3.05) is 0 Å². The first-order valence-electron chi connectivity index (χ1n) is 4.50. The highest BCUT2D eigenvalue weighted by Crippen LogP contribution is 2.09. The van der Waals surface area contributed by atoms with Crippen molar-refractivity contribution < 1.29 is 4.79 Å². The van der Waals surface area contributed by atoms with Gasteiger partial charge in [0.15, 0.2) is 0 Å². The average molecular weight is 199 g/mol. The Morgan fingerprint density at radius 3 is 2.60 bits per heavy atom. The van der Waals surface area contributed by atoms with Crippen LogP contribution in [0.3, 0.4) is 0 Å². The Hall–Kier alpha value is -2.23. The Morgan fingerprint density at radius 2 is 2.00 bits per heavy atom. The highest BCUT2D eigenvalue weighted by molar-refractivity contribution is 5.89. The van der Waals surface area contributed by atoms with E-state index in [1.165, 1.54) is 23.2 Å². The number of aromatic nitrogens is 1. The number of benzene rings is 1. The van der Waals surface area contributed by atoms with Crippen LogP contribution in [0.5, 0.6) is 0 Å². The third-order valence-corrected chi connectivity index (χ3v) is 1.90. The molecular formula is C11H9N3O. The maximum atomic E-state index is 9.90. The summed E-state index contributed by atoms with van der Waals surface area (Å²) >= 11 is 0. The number of azo groups is 1. The van der Waals surface area contributed by atoms with E-state index in [4.69, 9.17) is 0 Å². The fraction of sp³-hybridized carbons (Fsp3) is 0. The van der Waals surface area contributed by atoms with Gasteiger partial charge in [0.05, 0.1) is 6.20 Å². The van der Waals surface area contributed by atoms with Crippen LogP contribution in [0.25, 0.3) is 10.9 Å². The SMILES string of the molecule is O=C1C=CN=N1.c1ccc2[nH]ccc2c1. The Kier molecular flexibility index (Phi) is 2.69. The summed E-state index contributed by atoms with van der Waals surface area (Å²) in [7, 11) is 0. The lowest BCUT2D eigenvalue weighted by atomic mass is 10.3. The van der Waals surface area contributed by atoms with Crippen molar-refractivity contribution in [3.8, 4) is 0 Å². The lowest BCUT2D eigenvalue weighted by Crippen LogP contribution is -1.74. The second-order valence-electron chi connectivity index (χ2n) is 2.93. The van der Waals surface area contributed by atoms with Gasteiger partial charge in [-0.25, -0.2) is 0 Å². The number of carbonyl (C=O) groups excluding carboxylic acids is 1. The lowest BCUT2D eigenvalue weighted by Gasteiger charge is -1.83. The second-order valence-corrected chi connectivity index (χ2v) is 2.93. The molecular weight excluding hydrogens is 190 g/mol. The number of H-pyrrole nitrogens is 1. The fourth-order valence-electron chi connectivity index (χ4n) is 1.22. The number of amides is 1. The van der Waals surface area contributed by atoms with E-state index in [0.29, 0.717) is 0 Å². The molecule has 1 N–H and O–H groups in total. The molecule has 15 heavy (non-hydrogen) atoms. The number of nitrogens with one attached hydrogen (secondary N) is 1. The molecule has 0 fully saturated rings. The van der Waals surface area contributed by atoms with Gasteiger partial charge in [-0.05, 0) is 17.5 Å². The quantitative estimate of drug-likeness (QED) is 0.696. The van der Waals surface area contributed by atoms with Crippen molar-refractivity contribution in [1.29, 1.82) is 0 Å². The molecule has 1 amide bonds. The Morgan fingerprint density at radius 1 is 1.13 bits per heavy atom. The highest BCUT2D eigenvalue weighted by Gasteiger charge is 1.92. The third-order valence-electron chi connectivity index (χ3n) is 1.90. The standard InChI is InChI=1S/C8H7N.C3H2N2O/c1-2-4-8-7(3-1)5-6-9-8;6-3-1-2-4-5-3/h1-6,9H;1-2H. The molecule has 0 unspecified atom stereocenters. The lowest BCUT2D eigenvalue weighted by molar-refractivity contribution is -0.113. The van der Waals surface area contributed by atoms with Crippen LogP contribution in [0.4, 0.5) is 0 Å². The topological polar surface area (TPSA) is 57.6 Å². The summed E-state index contributed by atoms with van der Waals surface area (Å²) in [5.74, 6) is -0.269. The third kappa shape index (κ3) is 2.37. The van der Waals surface area contributed by atoms with E-state index in [1.807, 2.05) is 18.3 Å². The van der Waals surface area contributed by atoms with Crippen molar-refractivity contribution >= 4 is 16.8 Å². The van der Waals surface area contributed by atoms with Gasteiger partial charge in [-0.2, -0.15) is 5.11 Å². The molecule has 0 atom stereocenters. The predicted octanol–water partition coefficient (Wildman–Crippen LogP) is 2.66. The maximum Gasteiger partial charge on any atom is 0.289 e. The molecule has 0 radical (unpaired) electrons. The molecule has 1 aliphatic rings. The molecule has 2 aromatic rings. The van der Waals surface area contributed by atoms with E-state index in [0.717, 1.165) is 0 Å². The largest absolute Gasteiger partial charge is 0.361 e. The number of hydrogen-bond donors (Lipinski definition) is 1. The number of hydrogen-bond acceptors (Lipinski definition) is 2. The summed E-state index contributed by atoms with van der Waals surface area (Å²) in [5.41, 5.74) is 1.21. The van der Waals surface area contributed by atoms with E-state index in [1.54, 1.807) is 0 Å². The minimum atomic E-state index is -0.269. The van der Waals surface area contributed by atoms with Gasteiger partial charge >= 0.3 is 0 Å². The monoisotopic (exact) mass is 199 g/mol. The van der Waals surface area contributed by atoms with Gasteiger partial charge in [0.25, 0.3) is 5.91 Å². The molecule has 0 saturated carbocycles. The number of nitrogens with zero attached hydrogens (tertiary/aromatic N) is 2. The van der Waals surface area contributed by atoms with Gasteiger partial charge in [0.1, 0.15) is 0 Å². The van der Waals surface area contributed by atoms with Gasteiger partial charge in [-0.15, -0.1) is 5.11 Å². The van der Waals surface area contributed by atoms with Crippen LogP contribution in [0.1, 0.15) is 0 Å². The molecule has 0 bridgehead atoms. The zero-order chi connectivity index (χ0) is 10.5. The molecule has 0 aliphatic carbocycles. The van der Waals surface area contributed by atoms with Crippen LogP contribution in [0.2, 0.25) is 0 Å². The van der Waals surface area contributed by atoms with Crippen molar-refractivity contribution in [2.24, 2.45) is 10.2 Å². The summed E-state index contributed by atoms with van der Waals surface area (Å²) in [6.07, 6.45) is 4.62. The van der Waals surface area contributed by atoms with E-state index in [-0.39, 0.29) is 5.91 Å². The number of aromatic amines is 1. The molecule has 0 spiro atoms. The summed E-state index contributed by atoms with van der Waals surface area (Å²) < 4.78 is 0. The number of fused-ring (bicyclic) bond motifs is 1. The molecule has 1 aliphatic heterocycles. The van der Waals surface area contributed by atoms with Crippen LogP contribution in [-0.2, 0) is 4.79 Å². The normalized spacial score (nSPS) is 12.9. The van der Waals surface area contributed by atoms with Crippen LogP contribution in [0, 0.1) is 0 Å². The predicted molar refractivity (Wildman–Crippen MR) is 57.3 cm³/mol. The first kappa shape index (κ1) is 9.33. The van der Waals surface area contributed by atoms with E-state index >= 15 is 0 Å². The zero-order valence-electron chi connectivity index (χ0n) is 7.92. The molecule has 3 rings (SSSR count). The fourth-order valence-corrected chi connectivity index (χ4v) is 1.22. The zero-order valence-corrected chi connectivity index (χ0v) is 7.92. The molecule has 4 heteroatoms. The highest BCUT2D eigenvalue weighted by atomic mass is 16.1. The maximum absolute atomic E-state index is 9.90. The van der Waals surface area contributed by atoms with Gasteiger partial charge in [-0.1, -0.05) is 18.2 Å². The van der Waals surface area contributed by atoms with Crippen LogP contribution < -0.4 is 0 Å². The van der Waals surface area contributed by atoms with Gasteiger partial charge in [0, 0.05) is 17.8 Å². The van der Waals surface area contributed by atoms with Crippen molar-refractivity contribution in [3.63, 3.8) is 0 Å². The summed E-state index contributed by atoms with van der Waals surface area (Å²) in [6, 6.07) is 10.3. The molecule has 1 aromatic heterocycles. The second kappa shape index (κ2) is 4.32. The molecule has 2 heterocycles. The minimum Gasteiger partial charge on any atom is -0.361 e. The van der Waals surface area contributed by atoms with Crippen LogP contribution in [0.15, 0.2) is 59.0 Å². The first-order chi connectivity index (χ1) is 7.36. The minimum absolute atomic E-state index is 0.269. The van der Waals surface area contributed by atoms with Gasteiger partial charge in [0.2, 0.25) is 0 Å². The van der Waals surface area contributed by atoms with E-state index in [2.05, 4.69) is 33.4 Å². The molecule has 1 aromatic carbocycles. The smallest absolute Gasteiger partial charge is 0.289 e. The Balaban J connectivity index is 0.000000124. The Bertz CT molecular complexity index is 481. The van der Waals surface area contributed by atoms with Crippen LogP contribution in [-0.4, -0.2) is 10.9 Å². The van der Waals surface area contributed by atoms with Crippen molar-refractivity contribution in [3.05, 3.63) is 48.8 Å². The first-order valence-corrected chi connectivity index (χ1v) is 4.50. The summed E-state index contributed by atoms with van der Waals surface area (Å²) in [5, 5.41) is 7.65. The molecule has 0 saturated heterocycles. The van der Waals surface area contributed by atoms with Crippen molar-refractivity contribution in [1.82, 2.24) is 4.98 Å². The van der Waals surface area contributed by atoms with Gasteiger partial charge in [-0.3, -0.25) is 4.79 Å². The number of carbonyl (C=O) groups is 1. The van der Waals surface area contributed by atoms with E-state index in [9.17, 15) is 4.79 Å². The average Bonchev–Trinajstić information content (AvgIpc) is 2.88. The summed E-state index contributed by atoms with van der Waals surface area (Å²) in [4.78, 5) is 13.0. The number of rotatable bonds is 0. The molecule has 4 nitrogen and oxygen atoms in total. The van der Waals surface area contributed by atoms with Crippen LogP contribution >= 0.6 is 0 Å². The Labute approximate surface area is 86.3 Å². The summed E-state index contributed by atoms with van der Waals surface area (Å²) in [6.45, 7) is 0. The van der Waals surface area contributed by atoms with Gasteiger partial charge < -0.3 is 4.98 Å². The van der Waals surface area contributed by atoms with E-state index < -0.39 is 0 Å². The van der Waals surface area contributed by atoms with Crippen molar-refractivity contribution in [2.45, 2.75) is 0 Å². The molecule has 74 valence electrons.